The normalized spacial score (nSPS) is 13.6. The highest BCUT2D eigenvalue weighted by molar-refractivity contribution is 9.10. The lowest BCUT2D eigenvalue weighted by Crippen LogP contribution is -2.35. The highest BCUT2D eigenvalue weighted by atomic mass is 79.9. The summed E-state index contributed by atoms with van der Waals surface area (Å²) in [5.41, 5.74) is 2.92. The van der Waals surface area contributed by atoms with Crippen LogP contribution in [0.3, 0.4) is 0 Å². The zero-order valence-electron chi connectivity index (χ0n) is 22.7. The largest absolute Gasteiger partial charge is 0.325 e. The van der Waals surface area contributed by atoms with E-state index in [1.54, 1.807) is 53.2 Å². The molecule has 1 aliphatic rings. The molecule has 1 saturated carbocycles. The standard InChI is InChI=1S/C30H26BrFN8O2/c1-17(2)40-25-14-18(6-11-24(25)38-39-40)26-23(32)16-33-29(37-26)36-21-9-7-20(8-10-21)34-27(41)30(12-13-30)28(42)35-22-5-3-4-19(31)15-22/h3-11,14-17H,12-13H2,1-2H3,(H,34,41)(H,35,42)(H,33,36,37). The number of aromatic nitrogens is 5. The van der Waals surface area contributed by atoms with Gasteiger partial charge in [0.25, 0.3) is 0 Å². The van der Waals surface area contributed by atoms with E-state index >= 15 is 0 Å². The van der Waals surface area contributed by atoms with Crippen molar-refractivity contribution in [1.29, 1.82) is 0 Å². The predicted molar refractivity (Wildman–Crippen MR) is 162 cm³/mol. The number of benzene rings is 3. The molecule has 0 radical (unpaired) electrons. The zero-order chi connectivity index (χ0) is 29.4. The Balaban J connectivity index is 1.14. The minimum absolute atomic E-state index is 0.0920. The number of amides is 2. The molecule has 0 saturated heterocycles. The molecule has 10 nitrogen and oxygen atoms in total. The van der Waals surface area contributed by atoms with Crippen LogP contribution in [-0.4, -0.2) is 36.8 Å². The van der Waals surface area contributed by atoms with E-state index in [0.29, 0.717) is 41.0 Å². The molecule has 0 aliphatic heterocycles. The van der Waals surface area contributed by atoms with E-state index in [4.69, 9.17) is 0 Å². The summed E-state index contributed by atoms with van der Waals surface area (Å²) in [6, 6.07) is 19.6. The number of halogens is 2. The van der Waals surface area contributed by atoms with E-state index < -0.39 is 11.2 Å². The van der Waals surface area contributed by atoms with Crippen LogP contribution in [0.2, 0.25) is 0 Å². The minimum atomic E-state index is -1.09. The molecular formula is C30H26BrFN8O2. The third kappa shape index (κ3) is 5.45. The molecule has 42 heavy (non-hydrogen) atoms. The van der Waals surface area contributed by atoms with Crippen LogP contribution < -0.4 is 16.0 Å². The van der Waals surface area contributed by atoms with E-state index in [0.717, 1.165) is 16.2 Å². The maximum atomic E-state index is 14.8. The van der Waals surface area contributed by atoms with Crippen molar-refractivity contribution < 1.29 is 14.0 Å². The number of carbonyl (C=O) groups is 2. The van der Waals surface area contributed by atoms with Crippen LogP contribution in [0.4, 0.5) is 27.4 Å². The van der Waals surface area contributed by atoms with Gasteiger partial charge in [-0.1, -0.05) is 33.3 Å². The first-order valence-electron chi connectivity index (χ1n) is 13.4. The molecule has 0 spiro atoms. The number of nitrogens with one attached hydrogen (secondary N) is 3. The average molecular weight is 629 g/mol. The van der Waals surface area contributed by atoms with Gasteiger partial charge < -0.3 is 16.0 Å². The number of anilines is 4. The van der Waals surface area contributed by atoms with Crippen molar-refractivity contribution in [2.45, 2.75) is 32.7 Å². The Kier molecular flexibility index (Phi) is 7.15. The second kappa shape index (κ2) is 10.9. The molecule has 3 N–H and O–H groups in total. The van der Waals surface area contributed by atoms with Crippen LogP contribution in [0.25, 0.3) is 22.3 Å². The first-order chi connectivity index (χ1) is 20.2. The molecule has 2 aromatic heterocycles. The number of fused-ring (bicyclic) bond motifs is 1. The van der Waals surface area contributed by atoms with Crippen molar-refractivity contribution in [2.75, 3.05) is 16.0 Å². The molecule has 2 amide bonds. The summed E-state index contributed by atoms with van der Waals surface area (Å²) in [4.78, 5) is 34.4. The second-order valence-electron chi connectivity index (χ2n) is 10.4. The highest BCUT2D eigenvalue weighted by Gasteiger charge is 2.56. The minimum Gasteiger partial charge on any atom is -0.325 e. The molecule has 1 aliphatic carbocycles. The average Bonchev–Trinajstić information content (AvgIpc) is 3.68. The lowest BCUT2D eigenvalue weighted by Gasteiger charge is -2.16. The van der Waals surface area contributed by atoms with Crippen molar-refractivity contribution >= 4 is 61.8 Å². The fraction of sp³-hybridized carbons (Fsp3) is 0.200. The Labute approximate surface area is 248 Å². The Morgan fingerprint density at radius 1 is 0.952 bits per heavy atom. The predicted octanol–water partition coefficient (Wildman–Crippen LogP) is 6.47. The van der Waals surface area contributed by atoms with Gasteiger partial charge in [-0.25, -0.2) is 19.0 Å². The summed E-state index contributed by atoms with van der Waals surface area (Å²) in [5.74, 6) is -1.03. The first-order valence-corrected chi connectivity index (χ1v) is 14.1. The maximum absolute atomic E-state index is 14.8. The van der Waals surface area contributed by atoms with E-state index in [2.05, 4.69) is 52.2 Å². The number of hydrogen-bond donors (Lipinski definition) is 3. The summed E-state index contributed by atoms with van der Waals surface area (Å²) >= 11 is 3.38. The van der Waals surface area contributed by atoms with Gasteiger partial charge in [0.05, 0.1) is 11.7 Å². The summed E-state index contributed by atoms with van der Waals surface area (Å²) < 4.78 is 17.4. The highest BCUT2D eigenvalue weighted by Crippen LogP contribution is 2.47. The number of hydrogen-bond acceptors (Lipinski definition) is 7. The molecule has 3 aromatic carbocycles. The summed E-state index contributed by atoms with van der Waals surface area (Å²) in [7, 11) is 0. The topological polar surface area (TPSA) is 127 Å². The molecular weight excluding hydrogens is 603 g/mol. The van der Waals surface area contributed by atoms with E-state index in [1.165, 1.54) is 0 Å². The third-order valence-corrected chi connectivity index (χ3v) is 7.57. The zero-order valence-corrected chi connectivity index (χ0v) is 24.3. The van der Waals surface area contributed by atoms with Crippen LogP contribution in [0, 0.1) is 11.2 Å². The van der Waals surface area contributed by atoms with Crippen molar-refractivity contribution in [3.63, 3.8) is 0 Å². The molecule has 0 atom stereocenters. The Hall–Kier alpha value is -4.71. The maximum Gasteiger partial charge on any atom is 0.240 e. The molecule has 0 bridgehead atoms. The quantitative estimate of drug-likeness (QED) is 0.168. The molecule has 5 aromatic rings. The van der Waals surface area contributed by atoms with Gasteiger partial charge in [0, 0.05) is 33.1 Å². The lowest BCUT2D eigenvalue weighted by atomic mass is 10.0. The van der Waals surface area contributed by atoms with Crippen molar-refractivity contribution in [1.82, 2.24) is 25.0 Å². The Bertz CT molecular complexity index is 1820. The van der Waals surface area contributed by atoms with Crippen LogP contribution in [0.1, 0.15) is 32.7 Å². The van der Waals surface area contributed by atoms with Gasteiger partial charge in [0.15, 0.2) is 5.82 Å². The van der Waals surface area contributed by atoms with Crippen molar-refractivity contribution in [2.24, 2.45) is 5.41 Å². The Morgan fingerprint density at radius 3 is 2.36 bits per heavy atom. The van der Waals surface area contributed by atoms with Gasteiger partial charge in [-0.3, -0.25) is 9.59 Å². The van der Waals surface area contributed by atoms with Crippen LogP contribution in [0.5, 0.6) is 0 Å². The molecule has 212 valence electrons. The smallest absolute Gasteiger partial charge is 0.240 e. The summed E-state index contributed by atoms with van der Waals surface area (Å²) in [6.45, 7) is 3.99. The van der Waals surface area contributed by atoms with Gasteiger partial charge in [-0.15, -0.1) is 5.10 Å². The van der Waals surface area contributed by atoms with Crippen LogP contribution in [0.15, 0.2) is 77.4 Å². The van der Waals surface area contributed by atoms with E-state index in [9.17, 15) is 14.0 Å². The van der Waals surface area contributed by atoms with Gasteiger partial charge in [0.1, 0.15) is 16.6 Å². The second-order valence-corrected chi connectivity index (χ2v) is 11.3. The fourth-order valence-electron chi connectivity index (χ4n) is 4.61. The number of nitrogens with zero attached hydrogens (tertiary/aromatic N) is 5. The third-order valence-electron chi connectivity index (χ3n) is 7.08. The van der Waals surface area contributed by atoms with Crippen molar-refractivity contribution in [3.05, 3.63) is 83.2 Å². The fourth-order valence-corrected chi connectivity index (χ4v) is 5.01. The van der Waals surface area contributed by atoms with Crippen molar-refractivity contribution in [3.8, 4) is 11.3 Å². The molecule has 1 fully saturated rings. The summed E-state index contributed by atoms with van der Waals surface area (Å²) in [6.07, 6.45) is 2.08. The van der Waals surface area contributed by atoms with Gasteiger partial charge >= 0.3 is 0 Å². The van der Waals surface area contributed by atoms with E-state index in [1.807, 2.05) is 32.0 Å². The van der Waals surface area contributed by atoms with Gasteiger partial charge in [0.2, 0.25) is 17.8 Å². The van der Waals surface area contributed by atoms with Crippen LogP contribution >= 0.6 is 15.9 Å². The lowest BCUT2D eigenvalue weighted by molar-refractivity contribution is -0.131. The molecule has 2 heterocycles. The Morgan fingerprint density at radius 2 is 1.67 bits per heavy atom. The monoisotopic (exact) mass is 628 g/mol. The molecule has 12 heteroatoms. The summed E-state index contributed by atoms with van der Waals surface area (Å²) in [5, 5.41) is 17.1. The molecule has 0 unspecified atom stereocenters. The first kappa shape index (κ1) is 27.5. The number of rotatable bonds is 8. The van der Waals surface area contributed by atoms with Crippen LogP contribution in [-0.2, 0) is 9.59 Å². The van der Waals surface area contributed by atoms with Gasteiger partial charge in [-0.05, 0) is 81.3 Å². The van der Waals surface area contributed by atoms with Gasteiger partial charge in [-0.2, -0.15) is 0 Å². The SMILES string of the molecule is CC(C)n1nnc2ccc(-c3nc(Nc4ccc(NC(=O)C5(C(=O)Nc6cccc(Br)c6)CC5)cc4)ncc3F)cc21. The molecule has 6 rings (SSSR count). The number of carbonyl (C=O) groups excluding carboxylic acids is 2. The van der Waals surface area contributed by atoms with E-state index in [-0.39, 0.29) is 29.5 Å².